The Labute approximate surface area is 206 Å². The lowest BCUT2D eigenvalue weighted by atomic mass is 10.0. The molecule has 0 saturated carbocycles. The number of hydrogen-bond acceptors (Lipinski definition) is 7. The third-order valence-corrected chi connectivity index (χ3v) is 6.87. The van der Waals surface area contributed by atoms with Crippen LogP contribution < -0.4 is 10.1 Å². The first-order chi connectivity index (χ1) is 17.8. The summed E-state index contributed by atoms with van der Waals surface area (Å²) in [5.41, 5.74) is -0.971. The van der Waals surface area contributed by atoms with Crippen molar-refractivity contribution < 1.29 is 31.4 Å². The highest BCUT2D eigenvalue weighted by Crippen LogP contribution is 2.36. The van der Waals surface area contributed by atoms with Gasteiger partial charge in [0.05, 0.1) is 50.4 Å². The molecule has 0 radical (unpaired) electrons. The number of piperidine rings is 1. The highest BCUT2D eigenvalue weighted by molar-refractivity contribution is 5.85. The quantitative estimate of drug-likeness (QED) is 0.388. The van der Waals surface area contributed by atoms with Crippen molar-refractivity contribution in [3.05, 3.63) is 42.0 Å². The summed E-state index contributed by atoms with van der Waals surface area (Å²) in [6, 6.07) is 0.664. The molecule has 0 spiro atoms. The summed E-state index contributed by atoms with van der Waals surface area (Å²) in [5, 5.41) is 7.24. The number of likely N-dealkylation sites (tertiary alicyclic amines) is 1. The molecule has 6 rings (SSSR count). The average molecular weight is 523 g/mol. The maximum absolute atomic E-state index is 15.2. The van der Waals surface area contributed by atoms with Crippen molar-refractivity contribution in [2.75, 3.05) is 38.7 Å². The molecule has 14 heteroatoms. The van der Waals surface area contributed by atoms with E-state index < -0.39 is 36.0 Å². The van der Waals surface area contributed by atoms with Gasteiger partial charge in [0.25, 0.3) is 6.43 Å². The van der Waals surface area contributed by atoms with Crippen LogP contribution in [0.25, 0.3) is 22.3 Å². The number of halogens is 5. The number of alkyl halides is 3. The number of rotatable bonds is 6. The van der Waals surface area contributed by atoms with E-state index in [-0.39, 0.29) is 46.7 Å². The van der Waals surface area contributed by atoms with Gasteiger partial charge in [0, 0.05) is 24.8 Å². The number of hydrogen-bond donors (Lipinski definition) is 1. The van der Waals surface area contributed by atoms with Gasteiger partial charge in [-0.25, -0.2) is 31.5 Å². The minimum Gasteiger partial charge on any atom is -0.479 e. The summed E-state index contributed by atoms with van der Waals surface area (Å²) in [7, 11) is 1.31. The van der Waals surface area contributed by atoms with Gasteiger partial charge in [-0.15, -0.1) is 5.10 Å². The lowest BCUT2D eigenvalue weighted by Crippen LogP contribution is -2.57. The summed E-state index contributed by atoms with van der Waals surface area (Å²) in [6.07, 6.45) is -0.526. The van der Waals surface area contributed by atoms with E-state index in [0.717, 1.165) is 27.4 Å². The van der Waals surface area contributed by atoms with Crippen molar-refractivity contribution in [2.45, 2.75) is 31.1 Å². The topological polar surface area (TPSA) is 81.2 Å². The van der Waals surface area contributed by atoms with Crippen molar-refractivity contribution in [3.63, 3.8) is 0 Å². The Morgan fingerprint density at radius 3 is 2.68 bits per heavy atom. The van der Waals surface area contributed by atoms with E-state index in [1.807, 2.05) is 0 Å². The number of pyridine rings is 1. The number of aromatic nitrogens is 5. The zero-order valence-corrected chi connectivity index (χ0v) is 19.5. The molecule has 2 aliphatic heterocycles. The van der Waals surface area contributed by atoms with Crippen LogP contribution in [0.15, 0.2) is 24.7 Å². The smallest absolute Gasteiger partial charge is 0.280 e. The maximum atomic E-state index is 15.2. The normalized spacial score (nSPS) is 21.2. The van der Waals surface area contributed by atoms with Gasteiger partial charge >= 0.3 is 0 Å². The van der Waals surface area contributed by atoms with Gasteiger partial charge in [-0.1, -0.05) is 0 Å². The monoisotopic (exact) mass is 523 g/mol. The first-order valence-corrected chi connectivity index (χ1v) is 11.6. The molecule has 37 heavy (non-hydrogen) atoms. The molecule has 196 valence electrons. The van der Waals surface area contributed by atoms with Crippen LogP contribution in [0.4, 0.5) is 27.9 Å². The lowest BCUT2D eigenvalue weighted by molar-refractivity contribution is -0.0794. The van der Waals surface area contributed by atoms with Crippen LogP contribution in [-0.2, 0) is 4.74 Å². The predicted molar refractivity (Wildman–Crippen MR) is 122 cm³/mol. The van der Waals surface area contributed by atoms with Crippen LogP contribution in [-0.4, -0.2) is 80.6 Å². The fourth-order valence-electron chi connectivity index (χ4n) is 4.88. The Balaban J connectivity index is 1.35. The molecule has 2 saturated heterocycles. The summed E-state index contributed by atoms with van der Waals surface area (Å²) >= 11 is 0. The molecule has 0 unspecified atom stereocenters. The number of imidazole rings is 1. The summed E-state index contributed by atoms with van der Waals surface area (Å²) in [5.74, 6) is -1.75. The zero-order chi connectivity index (χ0) is 25.8. The Bertz CT molecular complexity index is 1470. The van der Waals surface area contributed by atoms with Crippen molar-refractivity contribution in [1.82, 2.24) is 28.9 Å². The first kappa shape index (κ1) is 23.9. The second-order valence-electron chi connectivity index (χ2n) is 9.09. The number of anilines is 1. The van der Waals surface area contributed by atoms with Gasteiger partial charge in [-0.05, 0) is 12.5 Å². The van der Waals surface area contributed by atoms with Crippen LogP contribution >= 0.6 is 0 Å². The molecule has 2 atom stereocenters. The lowest BCUT2D eigenvalue weighted by Gasteiger charge is -2.42. The van der Waals surface area contributed by atoms with Crippen LogP contribution in [0, 0.1) is 11.6 Å². The number of ether oxygens (including phenoxy) is 2. The van der Waals surface area contributed by atoms with E-state index in [9.17, 15) is 17.6 Å². The second-order valence-corrected chi connectivity index (χ2v) is 9.09. The molecule has 0 aromatic carbocycles. The fraction of sp³-hybridized carbons (Fsp3) is 0.435. The fourth-order valence-corrected chi connectivity index (χ4v) is 4.88. The number of methoxy groups -OCH3 is 1. The highest BCUT2D eigenvalue weighted by Gasteiger charge is 2.36. The Hall–Kier alpha value is -3.52. The van der Waals surface area contributed by atoms with Gasteiger partial charge in [-0.3, -0.25) is 9.30 Å². The van der Waals surface area contributed by atoms with Crippen molar-refractivity contribution in [1.29, 1.82) is 0 Å². The van der Waals surface area contributed by atoms with Gasteiger partial charge in [0.2, 0.25) is 11.8 Å². The molecule has 0 amide bonds. The largest absolute Gasteiger partial charge is 0.479 e. The van der Waals surface area contributed by atoms with Crippen molar-refractivity contribution >= 4 is 17.1 Å². The molecule has 4 aromatic rings. The molecular formula is C23H22F5N7O2. The standard InChI is InChI=1S/C23H22F5N7O2/c1-36-22-19-18(11-4-13(24)21-29-5-17(20(27)28)34(21)6-11)15(26)8-35(19)32-23(31-22)30-16-2-3-33(7-14(16)25)12-9-37-10-12/h4-6,8,12,14,16,20H,2-3,7,9-10H2,1H3,(H,30,32)/t14-,16+/m0/s1. The van der Waals surface area contributed by atoms with E-state index in [0.29, 0.717) is 26.2 Å². The van der Waals surface area contributed by atoms with E-state index >= 15 is 4.39 Å². The third-order valence-electron chi connectivity index (χ3n) is 6.87. The van der Waals surface area contributed by atoms with Crippen molar-refractivity contribution in [2.24, 2.45) is 0 Å². The van der Waals surface area contributed by atoms with Gasteiger partial charge in [-0.2, -0.15) is 4.98 Å². The van der Waals surface area contributed by atoms with E-state index in [4.69, 9.17) is 9.47 Å². The molecule has 9 nitrogen and oxygen atoms in total. The molecule has 0 aliphatic carbocycles. The SMILES string of the molecule is COc1nc(N[C@@H]2CCN(C3COC3)C[C@@H]2F)nn2cc(F)c(-c3cc(F)c4ncc(C(F)F)n4c3)c12. The van der Waals surface area contributed by atoms with Gasteiger partial charge < -0.3 is 14.8 Å². The maximum Gasteiger partial charge on any atom is 0.280 e. The molecule has 2 aliphatic rings. The van der Waals surface area contributed by atoms with Gasteiger partial charge in [0.1, 0.15) is 17.4 Å². The number of nitrogens with zero attached hydrogens (tertiary/aromatic N) is 6. The van der Waals surface area contributed by atoms with E-state index in [1.54, 1.807) is 0 Å². The minimum absolute atomic E-state index is 0.0233. The zero-order valence-electron chi connectivity index (χ0n) is 19.5. The Morgan fingerprint density at radius 1 is 1.19 bits per heavy atom. The molecule has 4 aromatic heterocycles. The van der Waals surface area contributed by atoms with Crippen LogP contribution in [0.1, 0.15) is 18.5 Å². The second kappa shape index (κ2) is 9.10. The molecule has 6 heterocycles. The molecule has 0 bridgehead atoms. The molecule has 1 N–H and O–H groups in total. The molecular weight excluding hydrogens is 501 g/mol. The van der Waals surface area contributed by atoms with Crippen LogP contribution in [0.2, 0.25) is 0 Å². The summed E-state index contributed by atoms with van der Waals surface area (Å²) in [6.45, 7) is 2.13. The van der Waals surface area contributed by atoms with E-state index in [2.05, 4.69) is 25.3 Å². The predicted octanol–water partition coefficient (Wildman–Crippen LogP) is 3.49. The Kier molecular flexibility index (Phi) is 5.87. The highest BCUT2D eigenvalue weighted by atomic mass is 19.3. The Morgan fingerprint density at radius 2 is 2.00 bits per heavy atom. The van der Waals surface area contributed by atoms with Crippen LogP contribution in [0.5, 0.6) is 5.88 Å². The van der Waals surface area contributed by atoms with Crippen LogP contribution in [0.3, 0.4) is 0 Å². The number of fused-ring (bicyclic) bond motifs is 2. The third kappa shape index (κ3) is 4.03. The number of nitrogens with one attached hydrogen (secondary N) is 1. The van der Waals surface area contributed by atoms with Gasteiger partial charge in [0.15, 0.2) is 17.3 Å². The summed E-state index contributed by atoms with van der Waals surface area (Å²) in [4.78, 5) is 10.0. The van der Waals surface area contributed by atoms with Crippen molar-refractivity contribution in [3.8, 4) is 17.0 Å². The average Bonchev–Trinajstić information content (AvgIpc) is 3.40. The first-order valence-electron chi connectivity index (χ1n) is 11.6. The summed E-state index contributed by atoms with van der Waals surface area (Å²) < 4.78 is 84.2. The van der Waals surface area contributed by atoms with E-state index in [1.165, 1.54) is 13.3 Å². The minimum atomic E-state index is -2.92. The molecule has 2 fully saturated rings.